The molecule has 1 unspecified atom stereocenters. The van der Waals surface area contributed by atoms with Crippen molar-refractivity contribution in [3.63, 3.8) is 0 Å². The quantitative estimate of drug-likeness (QED) is 0.743. The maximum Gasteiger partial charge on any atom is 0.109 e. The predicted octanol–water partition coefficient (Wildman–Crippen LogP) is 1.21. The van der Waals surface area contributed by atoms with Crippen LogP contribution in [0.4, 0.5) is 0 Å². The molecule has 0 aliphatic heterocycles. The lowest BCUT2D eigenvalue weighted by molar-refractivity contribution is 0.273. The highest BCUT2D eigenvalue weighted by atomic mass is 32.1. The van der Waals surface area contributed by atoms with E-state index in [1.54, 1.807) is 0 Å². The molecular formula is C12H22N4S. The monoisotopic (exact) mass is 254 g/mol. The first kappa shape index (κ1) is 14.1. The molecule has 0 radical (unpaired) electrons. The molecule has 1 aromatic heterocycles. The van der Waals surface area contributed by atoms with Crippen molar-refractivity contribution in [3.05, 3.63) is 18.2 Å². The molecule has 0 aromatic carbocycles. The number of hydrogen-bond acceptors (Lipinski definition) is 3. The number of rotatable bonds is 7. The van der Waals surface area contributed by atoms with E-state index in [-0.39, 0.29) is 5.92 Å². The third-order valence-electron chi connectivity index (χ3n) is 3.04. The van der Waals surface area contributed by atoms with Gasteiger partial charge in [-0.1, -0.05) is 26.1 Å². The smallest absolute Gasteiger partial charge is 0.109 e. The zero-order valence-corrected chi connectivity index (χ0v) is 11.7. The van der Waals surface area contributed by atoms with E-state index in [4.69, 9.17) is 18.0 Å². The molecule has 0 amide bonds. The van der Waals surface area contributed by atoms with Gasteiger partial charge in [0.25, 0.3) is 0 Å². The van der Waals surface area contributed by atoms with E-state index in [1.165, 1.54) is 0 Å². The van der Waals surface area contributed by atoms with Gasteiger partial charge in [-0.05, 0) is 6.54 Å². The Kier molecular flexibility index (Phi) is 5.58. The molecule has 2 N–H and O–H groups in total. The van der Waals surface area contributed by atoms with Crippen LogP contribution in [0.15, 0.2) is 12.4 Å². The SMILES string of the molecule is CCN(CCc1nccn1C)CC(C)C(N)=S. The molecular weight excluding hydrogens is 232 g/mol. The van der Waals surface area contributed by atoms with E-state index in [0.717, 1.165) is 31.9 Å². The summed E-state index contributed by atoms with van der Waals surface area (Å²) in [7, 11) is 2.02. The molecule has 0 bridgehead atoms. The lowest BCUT2D eigenvalue weighted by Crippen LogP contribution is -2.35. The molecule has 1 aromatic rings. The number of thiocarbonyl (C=S) groups is 1. The third kappa shape index (κ3) is 4.44. The summed E-state index contributed by atoms with van der Waals surface area (Å²) in [6, 6.07) is 0. The molecule has 1 heterocycles. The summed E-state index contributed by atoms with van der Waals surface area (Å²) in [6.07, 6.45) is 4.77. The van der Waals surface area contributed by atoms with Gasteiger partial charge in [0.1, 0.15) is 5.82 Å². The van der Waals surface area contributed by atoms with E-state index >= 15 is 0 Å². The van der Waals surface area contributed by atoms with Crippen molar-refractivity contribution in [1.29, 1.82) is 0 Å². The first-order chi connectivity index (χ1) is 8.04. The van der Waals surface area contributed by atoms with Crippen LogP contribution < -0.4 is 5.73 Å². The maximum absolute atomic E-state index is 5.64. The van der Waals surface area contributed by atoms with Gasteiger partial charge in [-0.3, -0.25) is 0 Å². The number of nitrogens with two attached hydrogens (primary N) is 1. The van der Waals surface area contributed by atoms with Crippen molar-refractivity contribution in [3.8, 4) is 0 Å². The van der Waals surface area contributed by atoms with Gasteiger partial charge in [0.2, 0.25) is 0 Å². The summed E-state index contributed by atoms with van der Waals surface area (Å²) < 4.78 is 2.06. The summed E-state index contributed by atoms with van der Waals surface area (Å²) in [6.45, 7) is 7.17. The van der Waals surface area contributed by atoms with E-state index in [9.17, 15) is 0 Å². The van der Waals surface area contributed by atoms with Crippen LogP contribution >= 0.6 is 12.2 Å². The molecule has 4 nitrogen and oxygen atoms in total. The van der Waals surface area contributed by atoms with Crippen LogP contribution in [0.5, 0.6) is 0 Å². The lowest BCUT2D eigenvalue weighted by atomic mass is 10.1. The molecule has 96 valence electrons. The first-order valence-electron chi connectivity index (χ1n) is 6.02. The Morgan fingerprint density at radius 1 is 1.65 bits per heavy atom. The van der Waals surface area contributed by atoms with Gasteiger partial charge in [-0.25, -0.2) is 4.98 Å². The molecule has 0 fully saturated rings. The summed E-state index contributed by atoms with van der Waals surface area (Å²) in [5.74, 6) is 1.39. The van der Waals surface area contributed by atoms with Gasteiger partial charge < -0.3 is 15.2 Å². The molecule has 0 saturated heterocycles. The fourth-order valence-electron chi connectivity index (χ4n) is 1.75. The van der Waals surface area contributed by atoms with E-state index in [1.807, 2.05) is 19.4 Å². The number of nitrogens with zero attached hydrogens (tertiary/aromatic N) is 3. The summed E-state index contributed by atoms with van der Waals surface area (Å²) in [4.78, 5) is 7.28. The van der Waals surface area contributed by atoms with Gasteiger partial charge in [0.15, 0.2) is 0 Å². The molecule has 17 heavy (non-hydrogen) atoms. The van der Waals surface area contributed by atoms with Crippen LogP contribution in [0.25, 0.3) is 0 Å². The van der Waals surface area contributed by atoms with Crippen LogP contribution in [-0.4, -0.2) is 39.1 Å². The molecule has 1 atom stereocenters. The van der Waals surface area contributed by atoms with Crippen molar-refractivity contribution < 1.29 is 0 Å². The van der Waals surface area contributed by atoms with E-state index in [2.05, 4.69) is 28.3 Å². The highest BCUT2D eigenvalue weighted by molar-refractivity contribution is 7.80. The second-order valence-electron chi connectivity index (χ2n) is 4.40. The minimum Gasteiger partial charge on any atom is -0.393 e. The minimum atomic E-state index is 0.270. The number of aryl methyl sites for hydroxylation is 1. The van der Waals surface area contributed by atoms with Gasteiger partial charge in [-0.2, -0.15) is 0 Å². The lowest BCUT2D eigenvalue weighted by Gasteiger charge is -2.23. The average Bonchev–Trinajstić information content (AvgIpc) is 2.69. The van der Waals surface area contributed by atoms with Crippen LogP contribution in [0.1, 0.15) is 19.7 Å². The van der Waals surface area contributed by atoms with Gasteiger partial charge in [0, 0.05) is 44.9 Å². The topological polar surface area (TPSA) is 47.1 Å². The largest absolute Gasteiger partial charge is 0.393 e. The highest BCUT2D eigenvalue weighted by Gasteiger charge is 2.11. The van der Waals surface area contributed by atoms with Crippen LogP contribution in [-0.2, 0) is 13.5 Å². The molecule has 0 aliphatic rings. The standard InChI is InChI=1S/C12H22N4S/c1-4-16(9-10(2)12(13)17)7-5-11-14-6-8-15(11)3/h6,8,10H,4-5,7,9H2,1-3H3,(H2,13,17). The Balaban J connectivity index is 2.42. The molecule has 0 spiro atoms. The van der Waals surface area contributed by atoms with E-state index in [0.29, 0.717) is 4.99 Å². The fourth-order valence-corrected chi connectivity index (χ4v) is 1.83. The molecule has 5 heteroatoms. The highest BCUT2D eigenvalue weighted by Crippen LogP contribution is 2.03. The number of likely N-dealkylation sites (N-methyl/N-ethyl adjacent to an activating group) is 1. The number of hydrogen-bond donors (Lipinski definition) is 1. The Morgan fingerprint density at radius 3 is 2.82 bits per heavy atom. The van der Waals surface area contributed by atoms with Crippen molar-refractivity contribution in [2.24, 2.45) is 18.7 Å². The second-order valence-corrected chi connectivity index (χ2v) is 4.87. The summed E-state index contributed by atoms with van der Waals surface area (Å²) in [5, 5.41) is 0. The van der Waals surface area contributed by atoms with Crippen molar-refractivity contribution >= 4 is 17.2 Å². The van der Waals surface area contributed by atoms with Crippen LogP contribution in [0, 0.1) is 5.92 Å². The van der Waals surface area contributed by atoms with Crippen LogP contribution in [0.2, 0.25) is 0 Å². The molecule has 0 aliphatic carbocycles. The zero-order valence-electron chi connectivity index (χ0n) is 10.9. The van der Waals surface area contributed by atoms with Gasteiger partial charge in [-0.15, -0.1) is 0 Å². The van der Waals surface area contributed by atoms with E-state index < -0.39 is 0 Å². The Hall–Kier alpha value is -0.940. The molecule has 1 rings (SSSR count). The fraction of sp³-hybridized carbons (Fsp3) is 0.667. The van der Waals surface area contributed by atoms with Crippen molar-refractivity contribution in [1.82, 2.24) is 14.5 Å². The van der Waals surface area contributed by atoms with Crippen molar-refractivity contribution in [2.45, 2.75) is 20.3 Å². The predicted molar refractivity (Wildman–Crippen MR) is 75.0 cm³/mol. The molecule has 0 saturated carbocycles. The minimum absolute atomic E-state index is 0.270. The van der Waals surface area contributed by atoms with Gasteiger partial charge in [0.05, 0.1) is 4.99 Å². The maximum atomic E-state index is 5.64. The third-order valence-corrected chi connectivity index (χ3v) is 3.44. The summed E-state index contributed by atoms with van der Waals surface area (Å²) >= 11 is 5.00. The number of imidazole rings is 1. The second kappa shape index (κ2) is 6.71. The average molecular weight is 254 g/mol. The number of aromatic nitrogens is 2. The Bertz CT molecular complexity index is 361. The van der Waals surface area contributed by atoms with Crippen LogP contribution in [0.3, 0.4) is 0 Å². The summed E-state index contributed by atoms with van der Waals surface area (Å²) in [5.41, 5.74) is 5.64. The Labute approximate surface area is 109 Å². The zero-order chi connectivity index (χ0) is 12.8. The van der Waals surface area contributed by atoms with Gasteiger partial charge >= 0.3 is 0 Å². The normalized spacial score (nSPS) is 12.9. The Morgan fingerprint density at radius 2 is 2.35 bits per heavy atom. The van der Waals surface area contributed by atoms with Crippen molar-refractivity contribution in [2.75, 3.05) is 19.6 Å². The first-order valence-corrected chi connectivity index (χ1v) is 6.43.